The lowest BCUT2D eigenvalue weighted by molar-refractivity contribution is -0.140. The highest BCUT2D eigenvalue weighted by molar-refractivity contribution is 6.10. The summed E-state index contributed by atoms with van der Waals surface area (Å²) >= 11 is 0. The lowest BCUT2D eigenvalue weighted by Crippen LogP contribution is -2.04. The van der Waals surface area contributed by atoms with Crippen molar-refractivity contribution in [1.82, 2.24) is 0 Å². The molecule has 0 saturated carbocycles. The fraction of sp³-hybridized carbons (Fsp3) is 0.143. The number of oxime groups is 1. The average molecular weight is 241 g/mol. The molecule has 1 aliphatic rings. The molecule has 0 saturated heterocycles. The van der Waals surface area contributed by atoms with Gasteiger partial charge in [-0.3, -0.25) is 0 Å². The molecule has 2 aromatic rings. The number of hydrogen-bond acceptors (Lipinski definition) is 4. The van der Waals surface area contributed by atoms with Gasteiger partial charge in [0.05, 0.1) is 0 Å². The number of hydrogen-bond donors (Lipinski definition) is 0. The van der Waals surface area contributed by atoms with E-state index in [-0.39, 0.29) is 0 Å². The van der Waals surface area contributed by atoms with Gasteiger partial charge in [-0.05, 0) is 11.5 Å². The predicted molar refractivity (Wildman–Crippen MR) is 67.7 cm³/mol. The first-order chi connectivity index (χ1) is 8.75. The first-order valence-corrected chi connectivity index (χ1v) is 5.65. The van der Waals surface area contributed by atoms with Gasteiger partial charge >= 0.3 is 5.97 Å². The number of carbonyl (C=O) groups excluding carboxylic acids is 1. The summed E-state index contributed by atoms with van der Waals surface area (Å²) in [6.45, 7) is 1.65. The van der Waals surface area contributed by atoms with E-state index < -0.39 is 5.97 Å². The van der Waals surface area contributed by atoms with E-state index in [0.717, 1.165) is 22.1 Å². The van der Waals surface area contributed by atoms with Gasteiger partial charge < -0.3 is 9.57 Å². The Morgan fingerprint density at radius 2 is 2.11 bits per heavy atom. The summed E-state index contributed by atoms with van der Waals surface area (Å²) in [6, 6.07) is 11.9. The minimum absolute atomic E-state index is 0.330. The van der Waals surface area contributed by atoms with Gasteiger partial charge in [-0.1, -0.05) is 35.5 Å². The molecule has 0 amide bonds. The van der Waals surface area contributed by atoms with Gasteiger partial charge in [0.1, 0.15) is 18.1 Å². The molecule has 90 valence electrons. The van der Waals surface area contributed by atoms with Crippen LogP contribution in [0, 0.1) is 0 Å². The molecule has 2 aromatic carbocycles. The fourth-order valence-electron chi connectivity index (χ4n) is 2.04. The molecule has 0 unspecified atom stereocenters. The van der Waals surface area contributed by atoms with Crippen molar-refractivity contribution in [3.05, 3.63) is 42.0 Å². The number of ether oxygens (including phenoxy) is 1. The molecule has 0 radical (unpaired) electrons. The van der Waals surface area contributed by atoms with Crippen molar-refractivity contribution in [3.8, 4) is 5.75 Å². The number of benzene rings is 2. The summed E-state index contributed by atoms with van der Waals surface area (Å²) in [6.07, 6.45) is 0. The summed E-state index contributed by atoms with van der Waals surface area (Å²) in [5.74, 6) is 0.371. The van der Waals surface area contributed by atoms with Crippen molar-refractivity contribution in [1.29, 1.82) is 0 Å². The Balaban J connectivity index is 2.10. The molecule has 3 rings (SSSR count). The smallest absolute Gasteiger partial charge is 0.331 e. The van der Waals surface area contributed by atoms with Gasteiger partial charge in [0, 0.05) is 17.9 Å². The molecule has 4 nitrogen and oxygen atoms in total. The Hall–Kier alpha value is -2.36. The van der Waals surface area contributed by atoms with Gasteiger partial charge in [-0.25, -0.2) is 4.79 Å². The van der Waals surface area contributed by atoms with Gasteiger partial charge in [0.15, 0.2) is 0 Å². The number of fused-ring (bicyclic) bond motifs is 3. The Bertz CT molecular complexity index is 661. The maximum Gasteiger partial charge on any atom is 0.331 e. The van der Waals surface area contributed by atoms with Crippen molar-refractivity contribution in [2.45, 2.75) is 6.92 Å². The maximum atomic E-state index is 10.8. The zero-order valence-corrected chi connectivity index (χ0v) is 9.84. The van der Waals surface area contributed by atoms with E-state index in [1.165, 1.54) is 6.92 Å². The van der Waals surface area contributed by atoms with E-state index in [9.17, 15) is 4.79 Å². The third kappa shape index (κ3) is 1.72. The van der Waals surface area contributed by atoms with Crippen LogP contribution in [0.5, 0.6) is 5.75 Å². The molecule has 0 bridgehead atoms. The van der Waals surface area contributed by atoms with Gasteiger partial charge in [0.25, 0.3) is 0 Å². The minimum Gasteiger partial charge on any atom is -0.486 e. The second kappa shape index (κ2) is 4.14. The normalized spacial score (nSPS) is 15.5. The summed E-state index contributed by atoms with van der Waals surface area (Å²) in [4.78, 5) is 15.4. The molecule has 0 spiro atoms. The topological polar surface area (TPSA) is 47.9 Å². The monoisotopic (exact) mass is 241 g/mol. The van der Waals surface area contributed by atoms with Crippen molar-refractivity contribution < 1.29 is 14.4 Å². The summed E-state index contributed by atoms with van der Waals surface area (Å²) in [7, 11) is 0. The first kappa shape index (κ1) is 10.8. The fourth-order valence-corrected chi connectivity index (χ4v) is 2.04. The SMILES string of the molecule is CC(=O)ON=C1COc2c1ccc1ccccc21. The van der Waals surface area contributed by atoms with Crippen molar-refractivity contribution in [3.63, 3.8) is 0 Å². The second-order valence-electron chi connectivity index (χ2n) is 4.07. The van der Waals surface area contributed by atoms with E-state index in [1.54, 1.807) is 0 Å². The highest BCUT2D eigenvalue weighted by Crippen LogP contribution is 2.34. The molecule has 0 N–H and O–H groups in total. The Morgan fingerprint density at radius 3 is 2.94 bits per heavy atom. The quantitative estimate of drug-likeness (QED) is 0.569. The number of nitrogens with zero attached hydrogens (tertiary/aromatic N) is 1. The second-order valence-corrected chi connectivity index (χ2v) is 4.07. The van der Waals surface area contributed by atoms with Gasteiger partial charge in [0.2, 0.25) is 0 Å². The van der Waals surface area contributed by atoms with Crippen LogP contribution in [0.2, 0.25) is 0 Å². The predicted octanol–water partition coefficient (Wildman–Crippen LogP) is 2.50. The van der Waals surface area contributed by atoms with Crippen LogP contribution in [0.15, 0.2) is 41.6 Å². The third-order valence-electron chi connectivity index (χ3n) is 2.83. The summed E-state index contributed by atoms with van der Waals surface area (Å²) in [5, 5.41) is 5.97. The van der Waals surface area contributed by atoms with Crippen LogP contribution in [0.3, 0.4) is 0 Å². The van der Waals surface area contributed by atoms with Gasteiger partial charge in [-0.2, -0.15) is 0 Å². The number of carbonyl (C=O) groups is 1. The van der Waals surface area contributed by atoms with E-state index in [2.05, 4.69) is 9.99 Å². The molecule has 0 aliphatic carbocycles. The Kier molecular flexibility index (Phi) is 2.48. The average Bonchev–Trinajstić information content (AvgIpc) is 2.80. The zero-order valence-electron chi connectivity index (χ0n) is 9.84. The number of rotatable bonds is 1. The van der Waals surface area contributed by atoms with E-state index in [4.69, 9.17) is 4.74 Å². The zero-order chi connectivity index (χ0) is 12.5. The van der Waals surface area contributed by atoms with Crippen LogP contribution in [-0.2, 0) is 9.63 Å². The van der Waals surface area contributed by atoms with Crippen LogP contribution in [-0.4, -0.2) is 18.3 Å². The molecule has 0 atom stereocenters. The molecule has 0 fully saturated rings. The third-order valence-corrected chi connectivity index (χ3v) is 2.83. The molecule has 4 heteroatoms. The largest absolute Gasteiger partial charge is 0.486 e. The Morgan fingerprint density at radius 1 is 1.28 bits per heavy atom. The highest BCUT2D eigenvalue weighted by Gasteiger charge is 2.22. The minimum atomic E-state index is -0.434. The lowest BCUT2D eigenvalue weighted by Gasteiger charge is -2.03. The van der Waals surface area contributed by atoms with Crippen LogP contribution < -0.4 is 4.74 Å². The standard InChI is InChI=1S/C14H11NO3/c1-9(16)18-15-13-8-17-14-11-5-3-2-4-10(11)6-7-12(13)14/h2-7H,8H2,1H3. The summed E-state index contributed by atoms with van der Waals surface area (Å²) in [5.41, 5.74) is 1.53. The lowest BCUT2D eigenvalue weighted by atomic mass is 10.0. The van der Waals surface area contributed by atoms with Crippen LogP contribution in [0.4, 0.5) is 0 Å². The van der Waals surface area contributed by atoms with Crippen LogP contribution in [0.25, 0.3) is 10.8 Å². The molecule has 18 heavy (non-hydrogen) atoms. The van der Waals surface area contributed by atoms with Gasteiger partial charge in [-0.15, -0.1) is 0 Å². The molecular formula is C14H11NO3. The first-order valence-electron chi connectivity index (χ1n) is 5.65. The maximum absolute atomic E-state index is 10.8. The molecule has 0 aromatic heterocycles. The van der Waals surface area contributed by atoms with Crippen LogP contribution in [0.1, 0.15) is 12.5 Å². The van der Waals surface area contributed by atoms with E-state index in [1.807, 2.05) is 36.4 Å². The van der Waals surface area contributed by atoms with E-state index in [0.29, 0.717) is 12.3 Å². The van der Waals surface area contributed by atoms with E-state index >= 15 is 0 Å². The van der Waals surface area contributed by atoms with Crippen molar-refractivity contribution in [2.75, 3.05) is 6.61 Å². The van der Waals surface area contributed by atoms with Crippen molar-refractivity contribution in [2.24, 2.45) is 5.16 Å². The summed E-state index contributed by atoms with van der Waals surface area (Å²) < 4.78 is 5.63. The molecule has 1 heterocycles. The van der Waals surface area contributed by atoms with Crippen molar-refractivity contribution >= 4 is 22.5 Å². The Labute approximate surface area is 104 Å². The highest BCUT2D eigenvalue weighted by atomic mass is 16.7. The molecule has 1 aliphatic heterocycles. The van der Waals surface area contributed by atoms with Crippen LogP contribution >= 0.6 is 0 Å². The molecular weight excluding hydrogens is 230 g/mol.